The third kappa shape index (κ3) is 5.16. The molecular formula is C23H21Cl2N3O3. The number of hydrogen-bond acceptors (Lipinski definition) is 4. The van der Waals surface area contributed by atoms with Crippen LogP contribution in [0.2, 0.25) is 10.0 Å². The Morgan fingerprint density at radius 3 is 2.45 bits per heavy atom. The molecule has 0 aliphatic carbocycles. The van der Waals surface area contributed by atoms with Crippen LogP contribution in [0.25, 0.3) is 5.69 Å². The first-order chi connectivity index (χ1) is 14.8. The Labute approximate surface area is 190 Å². The van der Waals surface area contributed by atoms with E-state index in [0.717, 1.165) is 22.6 Å². The number of nitrogens with zero attached hydrogens (tertiary/aromatic N) is 2. The van der Waals surface area contributed by atoms with E-state index in [1.54, 1.807) is 37.4 Å². The second-order valence-electron chi connectivity index (χ2n) is 6.75. The highest BCUT2D eigenvalue weighted by Gasteiger charge is 2.12. The van der Waals surface area contributed by atoms with Crippen molar-refractivity contribution < 1.29 is 14.3 Å². The molecule has 3 rings (SSSR count). The third-order valence-electron chi connectivity index (χ3n) is 4.65. The number of carbonyl (C=O) groups excluding carboxylic acids is 2. The van der Waals surface area contributed by atoms with Gasteiger partial charge in [0.15, 0.2) is 0 Å². The molecule has 6 nitrogen and oxygen atoms in total. The van der Waals surface area contributed by atoms with Crippen LogP contribution in [0.15, 0.2) is 53.6 Å². The number of nitrogens with one attached hydrogen (secondary N) is 1. The van der Waals surface area contributed by atoms with Gasteiger partial charge in [0.2, 0.25) is 0 Å². The van der Waals surface area contributed by atoms with Crippen LogP contribution in [-0.4, -0.2) is 29.3 Å². The van der Waals surface area contributed by atoms with Gasteiger partial charge in [-0.1, -0.05) is 23.2 Å². The number of esters is 1. The van der Waals surface area contributed by atoms with E-state index in [0.29, 0.717) is 17.2 Å². The number of benzene rings is 2. The van der Waals surface area contributed by atoms with E-state index in [4.69, 9.17) is 27.9 Å². The fraction of sp³-hybridized carbons (Fsp3) is 0.174. The lowest BCUT2D eigenvalue weighted by Crippen LogP contribution is -2.18. The summed E-state index contributed by atoms with van der Waals surface area (Å²) in [5.41, 5.74) is 6.92. The Balaban J connectivity index is 1.76. The summed E-state index contributed by atoms with van der Waals surface area (Å²) >= 11 is 11.9. The number of amides is 1. The monoisotopic (exact) mass is 457 g/mol. The van der Waals surface area contributed by atoms with E-state index in [1.807, 2.05) is 36.6 Å². The van der Waals surface area contributed by atoms with Crippen molar-refractivity contribution in [1.82, 2.24) is 9.99 Å². The topological polar surface area (TPSA) is 72.7 Å². The maximum Gasteiger partial charge on any atom is 0.338 e. The minimum absolute atomic E-state index is 0.254. The molecule has 0 aliphatic heterocycles. The van der Waals surface area contributed by atoms with Crippen molar-refractivity contribution >= 4 is 41.3 Å². The second kappa shape index (κ2) is 9.81. The summed E-state index contributed by atoms with van der Waals surface area (Å²) in [4.78, 5) is 24.1. The molecule has 8 heteroatoms. The molecule has 0 atom stereocenters. The van der Waals surface area contributed by atoms with E-state index in [1.165, 1.54) is 6.07 Å². The lowest BCUT2D eigenvalue weighted by atomic mass is 10.2. The second-order valence-corrected chi connectivity index (χ2v) is 7.60. The van der Waals surface area contributed by atoms with Gasteiger partial charge in [0.05, 0.1) is 29.0 Å². The molecule has 0 spiro atoms. The van der Waals surface area contributed by atoms with Crippen LogP contribution in [-0.2, 0) is 4.74 Å². The summed E-state index contributed by atoms with van der Waals surface area (Å²) in [5.74, 6) is -0.777. The molecule has 1 heterocycles. The van der Waals surface area contributed by atoms with E-state index in [2.05, 4.69) is 10.5 Å². The molecule has 0 saturated heterocycles. The summed E-state index contributed by atoms with van der Waals surface area (Å²) in [6.45, 7) is 6.02. The first-order valence-electron chi connectivity index (χ1n) is 9.56. The zero-order valence-electron chi connectivity index (χ0n) is 17.3. The summed E-state index contributed by atoms with van der Waals surface area (Å²) in [7, 11) is 0. The molecule has 160 valence electrons. The molecular weight excluding hydrogens is 437 g/mol. The fourth-order valence-corrected chi connectivity index (χ4v) is 3.67. The third-order valence-corrected chi connectivity index (χ3v) is 5.20. The van der Waals surface area contributed by atoms with E-state index >= 15 is 0 Å². The fourth-order valence-electron chi connectivity index (χ4n) is 3.17. The number of rotatable bonds is 6. The van der Waals surface area contributed by atoms with Gasteiger partial charge in [-0.05, 0) is 69.3 Å². The van der Waals surface area contributed by atoms with Gasteiger partial charge in [0, 0.05) is 27.7 Å². The van der Waals surface area contributed by atoms with Crippen LogP contribution in [0, 0.1) is 13.8 Å². The zero-order chi connectivity index (χ0) is 22.5. The maximum atomic E-state index is 12.3. The van der Waals surface area contributed by atoms with Crippen LogP contribution >= 0.6 is 23.2 Å². The van der Waals surface area contributed by atoms with E-state index in [-0.39, 0.29) is 16.6 Å². The Morgan fingerprint density at radius 1 is 1.10 bits per heavy atom. The van der Waals surface area contributed by atoms with Crippen LogP contribution < -0.4 is 5.43 Å². The molecule has 1 amide bonds. The molecule has 31 heavy (non-hydrogen) atoms. The predicted octanol–water partition coefficient (Wildman–Crippen LogP) is 5.34. The van der Waals surface area contributed by atoms with Gasteiger partial charge in [0.25, 0.3) is 5.91 Å². The van der Waals surface area contributed by atoms with Gasteiger partial charge in [-0.2, -0.15) is 5.10 Å². The van der Waals surface area contributed by atoms with E-state index in [9.17, 15) is 9.59 Å². The highest BCUT2D eigenvalue weighted by Crippen LogP contribution is 2.22. The smallest absolute Gasteiger partial charge is 0.338 e. The Hall–Kier alpha value is -3.09. The SMILES string of the molecule is CCOC(=O)c1ccc(-n2c(C)cc(/C=N\NC(=O)c3ccc(Cl)cc3Cl)c2C)cc1. The standard InChI is InChI=1S/C23H21Cl2N3O3/c1-4-31-23(30)16-5-8-19(9-6-16)28-14(2)11-17(15(28)3)13-26-27-22(29)20-10-7-18(24)12-21(20)25/h5-13H,4H2,1-3H3,(H,27,29)/b26-13-. The van der Waals surface area contributed by atoms with Gasteiger partial charge in [0.1, 0.15) is 0 Å². The molecule has 0 unspecified atom stereocenters. The van der Waals surface area contributed by atoms with Crippen LogP contribution in [0.1, 0.15) is 44.6 Å². The Morgan fingerprint density at radius 2 is 1.81 bits per heavy atom. The van der Waals surface area contributed by atoms with Gasteiger partial charge < -0.3 is 9.30 Å². The number of aromatic nitrogens is 1. The Kier molecular flexibility index (Phi) is 7.15. The average molecular weight is 458 g/mol. The molecule has 0 bridgehead atoms. The first-order valence-corrected chi connectivity index (χ1v) is 10.3. The van der Waals surface area contributed by atoms with Crippen LogP contribution in [0.5, 0.6) is 0 Å². The number of hydrogen-bond donors (Lipinski definition) is 1. The minimum atomic E-state index is -0.429. The summed E-state index contributed by atoms with van der Waals surface area (Å²) in [6.07, 6.45) is 1.58. The molecule has 1 aromatic heterocycles. The maximum absolute atomic E-state index is 12.3. The zero-order valence-corrected chi connectivity index (χ0v) is 18.8. The number of hydrazone groups is 1. The lowest BCUT2D eigenvalue weighted by Gasteiger charge is -2.10. The highest BCUT2D eigenvalue weighted by atomic mass is 35.5. The summed E-state index contributed by atoms with van der Waals surface area (Å²) < 4.78 is 7.06. The van der Waals surface area contributed by atoms with Crippen molar-refractivity contribution in [2.24, 2.45) is 5.10 Å². The first kappa shape index (κ1) is 22.6. The number of halogens is 2. The molecule has 0 fully saturated rings. The summed E-state index contributed by atoms with van der Waals surface area (Å²) in [5, 5.41) is 4.76. The molecule has 2 aromatic carbocycles. The van der Waals surface area contributed by atoms with E-state index < -0.39 is 5.91 Å². The normalized spacial score (nSPS) is 11.0. The largest absolute Gasteiger partial charge is 0.462 e. The van der Waals surface area contributed by atoms with Gasteiger partial charge in [-0.3, -0.25) is 4.79 Å². The van der Waals surface area contributed by atoms with Crippen molar-refractivity contribution in [2.45, 2.75) is 20.8 Å². The lowest BCUT2D eigenvalue weighted by molar-refractivity contribution is 0.0526. The van der Waals surface area contributed by atoms with Crippen LogP contribution in [0.4, 0.5) is 0 Å². The van der Waals surface area contributed by atoms with Crippen molar-refractivity contribution in [1.29, 1.82) is 0 Å². The van der Waals surface area contributed by atoms with Crippen molar-refractivity contribution in [2.75, 3.05) is 6.61 Å². The predicted molar refractivity (Wildman–Crippen MR) is 123 cm³/mol. The number of carbonyl (C=O) groups is 2. The van der Waals surface area contributed by atoms with Crippen molar-refractivity contribution in [3.8, 4) is 5.69 Å². The van der Waals surface area contributed by atoms with Crippen molar-refractivity contribution in [3.05, 3.63) is 86.7 Å². The van der Waals surface area contributed by atoms with Crippen molar-refractivity contribution in [3.63, 3.8) is 0 Å². The number of ether oxygens (including phenoxy) is 1. The highest BCUT2D eigenvalue weighted by molar-refractivity contribution is 6.36. The Bertz CT molecular complexity index is 1150. The van der Waals surface area contributed by atoms with Crippen LogP contribution in [0.3, 0.4) is 0 Å². The molecule has 1 N–H and O–H groups in total. The average Bonchev–Trinajstić information content (AvgIpc) is 3.01. The summed E-state index contributed by atoms with van der Waals surface area (Å²) in [6, 6.07) is 13.8. The molecule has 0 aliphatic rings. The number of aryl methyl sites for hydroxylation is 1. The molecule has 0 radical (unpaired) electrons. The molecule has 3 aromatic rings. The van der Waals surface area contributed by atoms with Gasteiger partial charge >= 0.3 is 5.97 Å². The van der Waals surface area contributed by atoms with Gasteiger partial charge in [-0.15, -0.1) is 0 Å². The van der Waals surface area contributed by atoms with Gasteiger partial charge in [-0.25, -0.2) is 10.2 Å². The molecule has 0 saturated carbocycles. The quantitative estimate of drug-likeness (QED) is 0.308. The minimum Gasteiger partial charge on any atom is -0.462 e.